The molecule has 3 fully saturated rings. The fourth-order valence-electron chi connectivity index (χ4n) is 3.84. The Morgan fingerprint density at radius 3 is 2.77 bits per heavy atom. The molecule has 120 valence electrons. The van der Waals surface area contributed by atoms with Crippen LogP contribution < -0.4 is 10.6 Å². The molecule has 4 atom stereocenters. The van der Waals surface area contributed by atoms with Gasteiger partial charge in [0.2, 0.25) is 0 Å². The maximum Gasteiger partial charge on any atom is 0.170 e. The van der Waals surface area contributed by atoms with Crippen molar-refractivity contribution < 1.29 is 0 Å². The zero-order valence-electron chi connectivity index (χ0n) is 13.0. The van der Waals surface area contributed by atoms with Gasteiger partial charge in [-0.15, -0.1) is 0 Å². The van der Waals surface area contributed by atoms with E-state index in [9.17, 15) is 0 Å². The second-order valence-electron chi connectivity index (χ2n) is 6.44. The molecular weight excluding hydrogens is 314 g/mol. The molecule has 1 aromatic carbocycles. The van der Waals surface area contributed by atoms with Gasteiger partial charge >= 0.3 is 0 Å². The molecule has 1 aromatic rings. The highest BCUT2D eigenvalue weighted by atomic mass is 35.5. The SMILES string of the molecule is CC[C@@H]1CN2CC[C@H]1C[C@@H]2CNC(=S)Nc1ccc(Cl)cc1. The third kappa shape index (κ3) is 3.73. The lowest BCUT2D eigenvalue weighted by molar-refractivity contribution is 0.00212. The standard InChI is InChI=1S/C17H24ClN3S/c1-2-12-11-21-8-7-13(12)9-16(21)10-19-17(22)20-15-5-3-14(18)4-6-15/h3-6,12-13,16H,2,7-11H2,1H3,(H2,19,20,22)/t12-,13+,16-/m1/s1. The number of piperidine rings is 3. The van der Waals surface area contributed by atoms with Gasteiger partial charge in [-0.3, -0.25) is 4.90 Å². The van der Waals surface area contributed by atoms with E-state index in [0.29, 0.717) is 11.2 Å². The number of hydrogen-bond donors (Lipinski definition) is 2. The Bertz CT molecular complexity index is 519. The van der Waals surface area contributed by atoms with E-state index in [1.54, 1.807) is 0 Å². The van der Waals surface area contributed by atoms with Crippen LogP contribution in [0.5, 0.6) is 0 Å². The number of anilines is 1. The lowest BCUT2D eigenvalue weighted by Gasteiger charge is -2.50. The Kier molecular flexibility index (Phi) is 5.21. The molecule has 0 saturated carbocycles. The van der Waals surface area contributed by atoms with E-state index in [-0.39, 0.29) is 0 Å². The first-order valence-electron chi connectivity index (χ1n) is 8.20. The predicted molar refractivity (Wildman–Crippen MR) is 97.5 cm³/mol. The second-order valence-corrected chi connectivity index (χ2v) is 7.29. The third-order valence-electron chi connectivity index (χ3n) is 5.14. The van der Waals surface area contributed by atoms with E-state index in [1.165, 1.54) is 32.4 Å². The van der Waals surface area contributed by atoms with Gasteiger partial charge in [0.05, 0.1) is 0 Å². The van der Waals surface area contributed by atoms with Crippen molar-refractivity contribution in [1.82, 2.24) is 10.2 Å². The molecule has 0 aliphatic carbocycles. The van der Waals surface area contributed by atoms with E-state index in [0.717, 1.165) is 29.1 Å². The summed E-state index contributed by atoms with van der Waals surface area (Å²) in [5.41, 5.74) is 0.971. The number of halogens is 1. The number of nitrogens with zero attached hydrogens (tertiary/aromatic N) is 1. The van der Waals surface area contributed by atoms with Gasteiger partial charge in [0.15, 0.2) is 5.11 Å². The molecule has 2 bridgehead atoms. The Labute approximate surface area is 143 Å². The average Bonchev–Trinajstić information content (AvgIpc) is 2.55. The van der Waals surface area contributed by atoms with Crippen molar-refractivity contribution in [3.63, 3.8) is 0 Å². The van der Waals surface area contributed by atoms with E-state index in [2.05, 4.69) is 22.5 Å². The first-order valence-corrected chi connectivity index (χ1v) is 8.98. The number of thiocarbonyl (C=S) groups is 1. The number of rotatable bonds is 4. The fraction of sp³-hybridized carbons (Fsp3) is 0.588. The van der Waals surface area contributed by atoms with Gasteiger partial charge in [0, 0.05) is 29.8 Å². The molecule has 3 aliphatic rings. The molecule has 4 rings (SSSR count). The van der Waals surface area contributed by atoms with Crippen LogP contribution in [0.25, 0.3) is 0 Å². The van der Waals surface area contributed by atoms with Crippen molar-refractivity contribution in [3.05, 3.63) is 29.3 Å². The Morgan fingerprint density at radius 2 is 2.14 bits per heavy atom. The van der Waals surface area contributed by atoms with Crippen molar-refractivity contribution in [2.24, 2.45) is 11.8 Å². The van der Waals surface area contributed by atoms with E-state index >= 15 is 0 Å². The summed E-state index contributed by atoms with van der Waals surface area (Å²) in [5.74, 6) is 1.82. The van der Waals surface area contributed by atoms with Gasteiger partial charge in [-0.1, -0.05) is 24.9 Å². The second kappa shape index (κ2) is 7.16. The van der Waals surface area contributed by atoms with E-state index in [4.69, 9.17) is 23.8 Å². The summed E-state index contributed by atoms with van der Waals surface area (Å²) in [7, 11) is 0. The average molecular weight is 338 g/mol. The van der Waals surface area contributed by atoms with E-state index < -0.39 is 0 Å². The van der Waals surface area contributed by atoms with Gasteiger partial charge in [-0.2, -0.15) is 0 Å². The van der Waals surface area contributed by atoms with Crippen LogP contribution in [0.4, 0.5) is 5.69 Å². The van der Waals surface area contributed by atoms with E-state index in [1.807, 2.05) is 24.3 Å². The normalized spacial score (nSPS) is 30.1. The van der Waals surface area contributed by atoms with Crippen molar-refractivity contribution >= 4 is 34.6 Å². The predicted octanol–water partition coefficient (Wildman–Crippen LogP) is 3.75. The van der Waals surface area contributed by atoms with Gasteiger partial charge in [0.1, 0.15) is 0 Å². The largest absolute Gasteiger partial charge is 0.361 e. The lowest BCUT2D eigenvalue weighted by Crippen LogP contribution is -2.56. The van der Waals surface area contributed by atoms with Gasteiger partial charge in [0.25, 0.3) is 0 Å². The number of hydrogen-bond acceptors (Lipinski definition) is 2. The summed E-state index contributed by atoms with van der Waals surface area (Å²) >= 11 is 11.3. The summed E-state index contributed by atoms with van der Waals surface area (Å²) in [6.07, 6.45) is 4.01. The molecule has 3 nitrogen and oxygen atoms in total. The topological polar surface area (TPSA) is 27.3 Å². The highest BCUT2D eigenvalue weighted by Crippen LogP contribution is 2.37. The van der Waals surface area contributed by atoms with Crippen LogP contribution in [-0.2, 0) is 0 Å². The summed E-state index contributed by atoms with van der Waals surface area (Å²) < 4.78 is 0. The Balaban J connectivity index is 1.47. The summed E-state index contributed by atoms with van der Waals surface area (Å²) in [4.78, 5) is 2.64. The molecule has 5 heteroatoms. The van der Waals surface area contributed by atoms with Crippen LogP contribution in [0, 0.1) is 11.8 Å². The van der Waals surface area contributed by atoms with Crippen molar-refractivity contribution in [1.29, 1.82) is 0 Å². The molecular formula is C17H24ClN3S. The number of benzene rings is 1. The Morgan fingerprint density at radius 1 is 1.36 bits per heavy atom. The van der Waals surface area contributed by atoms with Gasteiger partial charge in [-0.05, 0) is 67.7 Å². The molecule has 3 saturated heterocycles. The minimum absolute atomic E-state index is 0.631. The smallest absolute Gasteiger partial charge is 0.170 e. The van der Waals surface area contributed by atoms with Gasteiger partial charge < -0.3 is 10.6 Å². The zero-order valence-corrected chi connectivity index (χ0v) is 14.6. The van der Waals surface area contributed by atoms with Crippen LogP contribution in [0.15, 0.2) is 24.3 Å². The highest BCUT2D eigenvalue weighted by Gasteiger charge is 2.38. The van der Waals surface area contributed by atoms with Crippen molar-refractivity contribution in [2.45, 2.75) is 32.2 Å². The summed E-state index contributed by atoms with van der Waals surface area (Å²) in [6.45, 7) is 5.78. The van der Waals surface area contributed by atoms with Crippen molar-refractivity contribution in [3.8, 4) is 0 Å². The molecule has 0 aromatic heterocycles. The zero-order chi connectivity index (χ0) is 15.5. The van der Waals surface area contributed by atoms with Crippen LogP contribution in [-0.4, -0.2) is 35.7 Å². The van der Waals surface area contributed by atoms with Crippen LogP contribution in [0.1, 0.15) is 26.2 Å². The fourth-order valence-corrected chi connectivity index (χ4v) is 4.17. The quantitative estimate of drug-likeness (QED) is 0.818. The Hall–Kier alpha value is -0.840. The first kappa shape index (κ1) is 16.0. The number of fused-ring (bicyclic) bond motifs is 3. The summed E-state index contributed by atoms with van der Waals surface area (Å²) in [6, 6.07) is 8.24. The maximum absolute atomic E-state index is 5.89. The monoisotopic (exact) mass is 337 g/mol. The summed E-state index contributed by atoms with van der Waals surface area (Å²) in [5, 5.41) is 8.02. The highest BCUT2D eigenvalue weighted by molar-refractivity contribution is 7.80. The molecule has 3 heterocycles. The van der Waals surface area contributed by atoms with Crippen molar-refractivity contribution in [2.75, 3.05) is 25.0 Å². The lowest BCUT2D eigenvalue weighted by atomic mass is 9.74. The molecule has 0 amide bonds. The molecule has 3 aliphatic heterocycles. The minimum Gasteiger partial charge on any atom is -0.361 e. The number of nitrogens with one attached hydrogen (secondary N) is 2. The molecule has 2 N–H and O–H groups in total. The van der Waals surface area contributed by atoms with Crippen LogP contribution in [0.2, 0.25) is 5.02 Å². The first-order chi connectivity index (χ1) is 10.7. The molecule has 0 radical (unpaired) electrons. The molecule has 1 unspecified atom stereocenters. The molecule has 0 spiro atoms. The minimum atomic E-state index is 0.631. The van der Waals surface area contributed by atoms with Crippen LogP contribution in [0.3, 0.4) is 0 Å². The van der Waals surface area contributed by atoms with Gasteiger partial charge in [-0.25, -0.2) is 0 Å². The maximum atomic E-state index is 5.89. The third-order valence-corrected chi connectivity index (χ3v) is 5.64. The van der Waals surface area contributed by atoms with Crippen LogP contribution >= 0.6 is 23.8 Å². The molecule has 22 heavy (non-hydrogen) atoms.